The van der Waals surface area contributed by atoms with Gasteiger partial charge in [-0.3, -0.25) is 0 Å². The first-order chi connectivity index (χ1) is 10.1. The first kappa shape index (κ1) is 16.3. The molecule has 0 aliphatic carbocycles. The van der Waals surface area contributed by atoms with Crippen LogP contribution in [0.1, 0.15) is 18.1 Å². The van der Waals surface area contributed by atoms with Gasteiger partial charge in [-0.05, 0) is 41.9 Å². The van der Waals surface area contributed by atoms with Gasteiger partial charge in [0.05, 0.1) is 10.7 Å². The van der Waals surface area contributed by atoms with Crippen molar-refractivity contribution < 1.29 is 0 Å². The van der Waals surface area contributed by atoms with Gasteiger partial charge in [0.2, 0.25) is 0 Å². The molecule has 0 saturated heterocycles. The van der Waals surface area contributed by atoms with Gasteiger partial charge in [0.15, 0.2) is 0 Å². The Morgan fingerprint density at radius 3 is 2.62 bits per heavy atom. The van der Waals surface area contributed by atoms with Gasteiger partial charge in [-0.2, -0.15) is 0 Å². The molecule has 1 N–H and O–H groups in total. The molecule has 0 radical (unpaired) electrons. The SMILES string of the molecule is CCNCc1ccc(N(C)Cc2cccc(Br)c2)c(Cl)c1. The van der Waals surface area contributed by atoms with E-state index in [-0.39, 0.29) is 0 Å². The maximum absolute atomic E-state index is 6.42. The molecular formula is C17H20BrClN2. The molecular weight excluding hydrogens is 348 g/mol. The summed E-state index contributed by atoms with van der Waals surface area (Å²) < 4.78 is 1.10. The van der Waals surface area contributed by atoms with Crippen molar-refractivity contribution in [1.29, 1.82) is 0 Å². The lowest BCUT2D eigenvalue weighted by molar-refractivity contribution is 0.727. The molecule has 0 aliphatic rings. The smallest absolute Gasteiger partial charge is 0.0642 e. The molecule has 2 nitrogen and oxygen atoms in total. The van der Waals surface area contributed by atoms with Crippen molar-refractivity contribution in [3.05, 3.63) is 63.1 Å². The second-order valence-corrected chi connectivity index (χ2v) is 6.37. The molecule has 0 saturated carbocycles. The quantitative estimate of drug-likeness (QED) is 0.785. The molecule has 2 aromatic rings. The highest BCUT2D eigenvalue weighted by Gasteiger charge is 2.08. The molecule has 112 valence electrons. The van der Waals surface area contributed by atoms with Crippen molar-refractivity contribution in [2.24, 2.45) is 0 Å². The molecule has 4 heteroatoms. The molecule has 0 atom stereocenters. The van der Waals surface area contributed by atoms with Crippen molar-refractivity contribution in [1.82, 2.24) is 5.32 Å². The number of hydrogen-bond donors (Lipinski definition) is 1. The highest BCUT2D eigenvalue weighted by atomic mass is 79.9. The van der Waals surface area contributed by atoms with Crippen molar-refractivity contribution >= 4 is 33.2 Å². The molecule has 0 bridgehead atoms. The predicted octanol–water partition coefficient (Wildman–Crippen LogP) is 4.85. The van der Waals surface area contributed by atoms with E-state index >= 15 is 0 Å². The zero-order chi connectivity index (χ0) is 15.2. The number of rotatable bonds is 6. The Morgan fingerprint density at radius 1 is 1.14 bits per heavy atom. The molecule has 0 heterocycles. The van der Waals surface area contributed by atoms with Gasteiger partial charge in [0.1, 0.15) is 0 Å². The van der Waals surface area contributed by atoms with Crippen LogP contribution in [0.5, 0.6) is 0 Å². The van der Waals surface area contributed by atoms with E-state index in [1.165, 1.54) is 11.1 Å². The second kappa shape index (κ2) is 7.83. The number of anilines is 1. The van der Waals surface area contributed by atoms with Gasteiger partial charge in [-0.25, -0.2) is 0 Å². The first-order valence-electron chi connectivity index (χ1n) is 7.05. The zero-order valence-corrected chi connectivity index (χ0v) is 14.7. The normalized spacial score (nSPS) is 10.7. The van der Waals surface area contributed by atoms with Crippen molar-refractivity contribution in [2.75, 3.05) is 18.5 Å². The maximum atomic E-state index is 6.42. The van der Waals surface area contributed by atoms with Crippen LogP contribution in [-0.4, -0.2) is 13.6 Å². The molecule has 21 heavy (non-hydrogen) atoms. The standard InChI is InChI=1S/C17H20BrClN2/c1-3-20-11-13-7-8-17(16(19)10-13)21(2)12-14-5-4-6-15(18)9-14/h4-10,20H,3,11-12H2,1-2H3. The third-order valence-corrected chi connectivity index (χ3v) is 4.11. The van der Waals surface area contributed by atoms with Crippen LogP contribution in [0, 0.1) is 0 Å². The number of nitrogens with one attached hydrogen (secondary N) is 1. The van der Waals surface area contributed by atoms with E-state index in [2.05, 4.69) is 64.4 Å². The zero-order valence-electron chi connectivity index (χ0n) is 12.4. The Bertz CT molecular complexity index is 601. The Morgan fingerprint density at radius 2 is 1.95 bits per heavy atom. The van der Waals surface area contributed by atoms with E-state index in [4.69, 9.17) is 11.6 Å². The summed E-state index contributed by atoms with van der Waals surface area (Å²) in [6.07, 6.45) is 0. The molecule has 0 spiro atoms. The third kappa shape index (κ3) is 4.73. The fraction of sp³-hybridized carbons (Fsp3) is 0.294. The lowest BCUT2D eigenvalue weighted by atomic mass is 10.1. The summed E-state index contributed by atoms with van der Waals surface area (Å²) in [7, 11) is 2.06. The number of nitrogens with zero attached hydrogens (tertiary/aromatic N) is 1. The minimum Gasteiger partial charge on any atom is -0.369 e. The Labute approximate surface area is 140 Å². The van der Waals surface area contributed by atoms with Crippen LogP contribution < -0.4 is 10.2 Å². The van der Waals surface area contributed by atoms with Gasteiger partial charge in [0.25, 0.3) is 0 Å². The molecule has 0 aliphatic heterocycles. The molecule has 0 aromatic heterocycles. The fourth-order valence-electron chi connectivity index (χ4n) is 2.23. The Balaban J connectivity index is 2.10. The lowest BCUT2D eigenvalue weighted by Crippen LogP contribution is -2.17. The topological polar surface area (TPSA) is 15.3 Å². The highest BCUT2D eigenvalue weighted by Crippen LogP contribution is 2.27. The van der Waals surface area contributed by atoms with Crippen LogP contribution in [0.25, 0.3) is 0 Å². The number of halogens is 2. The van der Waals surface area contributed by atoms with Crippen LogP contribution in [-0.2, 0) is 13.1 Å². The van der Waals surface area contributed by atoms with Gasteiger partial charge in [0, 0.05) is 24.6 Å². The molecule has 0 amide bonds. The Kier molecular flexibility index (Phi) is 6.09. The van der Waals surface area contributed by atoms with Crippen molar-refractivity contribution in [3.63, 3.8) is 0 Å². The van der Waals surface area contributed by atoms with Crippen molar-refractivity contribution in [2.45, 2.75) is 20.0 Å². The second-order valence-electron chi connectivity index (χ2n) is 5.05. The van der Waals surface area contributed by atoms with Crippen LogP contribution >= 0.6 is 27.5 Å². The monoisotopic (exact) mass is 366 g/mol. The third-order valence-electron chi connectivity index (χ3n) is 3.31. The molecule has 2 rings (SSSR count). The molecule has 0 fully saturated rings. The van der Waals surface area contributed by atoms with E-state index in [9.17, 15) is 0 Å². The lowest BCUT2D eigenvalue weighted by Gasteiger charge is -2.21. The summed E-state index contributed by atoms with van der Waals surface area (Å²) in [5, 5.41) is 4.10. The summed E-state index contributed by atoms with van der Waals surface area (Å²) in [4.78, 5) is 2.17. The number of benzene rings is 2. The highest BCUT2D eigenvalue weighted by molar-refractivity contribution is 9.10. The first-order valence-corrected chi connectivity index (χ1v) is 8.22. The van der Waals surface area contributed by atoms with E-state index in [0.29, 0.717) is 0 Å². The summed E-state index contributed by atoms with van der Waals surface area (Å²) in [6, 6.07) is 14.6. The van der Waals surface area contributed by atoms with Crippen molar-refractivity contribution in [3.8, 4) is 0 Å². The van der Waals surface area contributed by atoms with Crippen LogP contribution in [0.3, 0.4) is 0 Å². The maximum Gasteiger partial charge on any atom is 0.0642 e. The van der Waals surface area contributed by atoms with Crippen LogP contribution in [0.15, 0.2) is 46.9 Å². The minimum absolute atomic E-state index is 0.794. The van der Waals surface area contributed by atoms with Crippen LogP contribution in [0.2, 0.25) is 5.02 Å². The van der Waals surface area contributed by atoms with E-state index < -0.39 is 0 Å². The summed E-state index contributed by atoms with van der Waals surface area (Å²) in [5.74, 6) is 0. The molecule has 2 aromatic carbocycles. The summed E-state index contributed by atoms with van der Waals surface area (Å²) in [6.45, 7) is 4.74. The Hall–Kier alpha value is -1.03. The predicted molar refractivity (Wildman–Crippen MR) is 95.1 cm³/mol. The summed E-state index contributed by atoms with van der Waals surface area (Å²) >= 11 is 9.93. The van der Waals surface area contributed by atoms with E-state index in [1.54, 1.807) is 0 Å². The average molecular weight is 368 g/mol. The van der Waals surface area contributed by atoms with Gasteiger partial charge in [-0.1, -0.05) is 52.7 Å². The van der Waals surface area contributed by atoms with Gasteiger partial charge < -0.3 is 10.2 Å². The number of hydrogen-bond acceptors (Lipinski definition) is 2. The summed E-state index contributed by atoms with van der Waals surface area (Å²) in [5.41, 5.74) is 3.51. The van der Waals surface area contributed by atoms with E-state index in [1.807, 2.05) is 18.2 Å². The average Bonchev–Trinajstić information content (AvgIpc) is 2.45. The fourth-order valence-corrected chi connectivity index (χ4v) is 3.03. The minimum atomic E-state index is 0.794. The molecule has 0 unspecified atom stereocenters. The van der Waals surface area contributed by atoms with Gasteiger partial charge >= 0.3 is 0 Å². The van der Waals surface area contributed by atoms with E-state index in [0.717, 1.165) is 34.8 Å². The largest absolute Gasteiger partial charge is 0.369 e. The van der Waals surface area contributed by atoms with Crippen LogP contribution in [0.4, 0.5) is 5.69 Å². The van der Waals surface area contributed by atoms with Gasteiger partial charge in [-0.15, -0.1) is 0 Å².